The zero-order valence-corrected chi connectivity index (χ0v) is 18.1. The van der Waals surface area contributed by atoms with Crippen molar-refractivity contribution in [3.05, 3.63) is 78.1 Å². The number of thiazole rings is 1. The molecule has 0 fully saturated rings. The maximum absolute atomic E-state index is 14.2. The number of pyridine rings is 1. The van der Waals surface area contributed by atoms with Crippen LogP contribution in [-0.2, 0) is 11.3 Å². The number of aromatic nitrogens is 2. The maximum atomic E-state index is 14.2. The van der Waals surface area contributed by atoms with Gasteiger partial charge < -0.3 is 4.74 Å². The smallest absolute Gasteiger partial charge is 0.239 e. The summed E-state index contributed by atoms with van der Waals surface area (Å²) in [6.45, 7) is 0.244. The van der Waals surface area contributed by atoms with Gasteiger partial charge in [-0.1, -0.05) is 11.3 Å². The Hall–Kier alpha value is -3.04. The van der Waals surface area contributed by atoms with Crippen LogP contribution in [0.3, 0.4) is 0 Å². The van der Waals surface area contributed by atoms with Gasteiger partial charge in [-0.25, -0.2) is 13.8 Å². The highest BCUT2D eigenvalue weighted by atomic mass is 32.2. The number of hydrogen-bond donors (Lipinski definition) is 0. The van der Waals surface area contributed by atoms with Gasteiger partial charge in [0.1, 0.15) is 17.1 Å². The average Bonchev–Trinajstić information content (AvgIpc) is 3.21. The maximum Gasteiger partial charge on any atom is 0.239 e. The van der Waals surface area contributed by atoms with Gasteiger partial charge in [-0.15, -0.1) is 11.8 Å². The average molecular weight is 458 g/mol. The molecule has 2 aromatic heterocycles. The molecule has 1 amide bonds. The molecule has 4 aromatic rings. The molecule has 0 atom stereocenters. The van der Waals surface area contributed by atoms with Crippen LogP contribution in [0.4, 0.5) is 13.9 Å². The van der Waals surface area contributed by atoms with E-state index in [4.69, 9.17) is 4.74 Å². The molecule has 0 aliphatic rings. The van der Waals surface area contributed by atoms with E-state index in [9.17, 15) is 13.6 Å². The van der Waals surface area contributed by atoms with E-state index in [1.54, 1.807) is 31.6 Å². The molecule has 0 saturated heterocycles. The Labute approximate surface area is 185 Å². The Balaban J connectivity index is 1.60. The number of amides is 1. The lowest BCUT2D eigenvalue weighted by Gasteiger charge is -2.20. The number of carbonyl (C=O) groups is 1. The summed E-state index contributed by atoms with van der Waals surface area (Å²) in [6.07, 6.45) is 3.27. The lowest BCUT2D eigenvalue weighted by Crippen LogP contribution is -2.31. The van der Waals surface area contributed by atoms with E-state index in [2.05, 4.69) is 9.97 Å². The van der Waals surface area contributed by atoms with Crippen LogP contribution in [0.25, 0.3) is 10.2 Å². The molecular weight excluding hydrogens is 440 g/mol. The van der Waals surface area contributed by atoms with Gasteiger partial charge in [-0.05, 0) is 48.0 Å². The highest BCUT2D eigenvalue weighted by Gasteiger charge is 2.22. The fourth-order valence-corrected chi connectivity index (χ4v) is 4.69. The van der Waals surface area contributed by atoms with Gasteiger partial charge in [-0.2, -0.15) is 0 Å². The van der Waals surface area contributed by atoms with Crippen LogP contribution in [0.5, 0.6) is 5.75 Å². The van der Waals surface area contributed by atoms with E-state index >= 15 is 0 Å². The molecule has 0 unspecified atom stereocenters. The molecule has 9 heteroatoms. The highest BCUT2D eigenvalue weighted by molar-refractivity contribution is 8.00. The van der Waals surface area contributed by atoms with Crippen LogP contribution in [0, 0.1) is 11.6 Å². The number of methoxy groups -OCH3 is 1. The second-order valence-electron chi connectivity index (χ2n) is 6.53. The van der Waals surface area contributed by atoms with E-state index < -0.39 is 11.6 Å². The van der Waals surface area contributed by atoms with Crippen LogP contribution in [0.1, 0.15) is 5.56 Å². The van der Waals surface area contributed by atoms with E-state index in [0.29, 0.717) is 9.83 Å². The summed E-state index contributed by atoms with van der Waals surface area (Å²) >= 11 is 2.46. The molecule has 31 heavy (non-hydrogen) atoms. The van der Waals surface area contributed by atoms with Gasteiger partial charge in [0.25, 0.3) is 0 Å². The zero-order chi connectivity index (χ0) is 21.8. The lowest BCUT2D eigenvalue weighted by molar-refractivity contribution is -0.116. The van der Waals surface area contributed by atoms with Crippen molar-refractivity contribution in [3.63, 3.8) is 0 Å². The number of anilines is 1. The number of rotatable bonds is 7. The summed E-state index contributed by atoms with van der Waals surface area (Å²) in [5.41, 5.74) is 0.903. The summed E-state index contributed by atoms with van der Waals surface area (Å²) in [5, 5.41) is 0.316. The minimum Gasteiger partial charge on any atom is -0.497 e. The van der Waals surface area contributed by atoms with E-state index in [0.717, 1.165) is 33.6 Å². The van der Waals surface area contributed by atoms with Crippen LogP contribution in [0.2, 0.25) is 0 Å². The Kier molecular flexibility index (Phi) is 6.43. The summed E-state index contributed by atoms with van der Waals surface area (Å²) in [7, 11) is 1.59. The Morgan fingerprint density at radius 3 is 2.58 bits per heavy atom. The second-order valence-corrected chi connectivity index (χ2v) is 8.59. The number of halogens is 2. The Bertz CT molecular complexity index is 1200. The standard InChI is InChI=1S/C22H17F2N3O2S2/c1-29-16-2-4-17(5-3-16)30-13-20(28)27(12-14-6-8-25-9-7-14)22-26-21-18(24)10-15(23)11-19(21)31-22/h2-11H,12-13H2,1H3. The monoisotopic (exact) mass is 457 g/mol. The third kappa shape index (κ3) is 5.00. The van der Waals surface area contributed by atoms with Crippen molar-refractivity contribution in [2.45, 2.75) is 11.4 Å². The minimum atomic E-state index is -0.749. The first kappa shape index (κ1) is 21.2. The van der Waals surface area contributed by atoms with Crippen molar-refractivity contribution < 1.29 is 18.3 Å². The molecule has 0 radical (unpaired) electrons. The number of fused-ring (bicyclic) bond motifs is 1. The van der Waals surface area contributed by atoms with E-state index in [-0.39, 0.29) is 23.7 Å². The molecule has 0 bridgehead atoms. The first-order valence-electron chi connectivity index (χ1n) is 9.25. The van der Waals surface area contributed by atoms with Crippen molar-refractivity contribution >= 4 is 44.4 Å². The Morgan fingerprint density at radius 2 is 1.87 bits per heavy atom. The van der Waals surface area contributed by atoms with Crippen LogP contribution in [-0.4, -0.2) is 28.7 Å². The summed E-state index contributed by atoms with van der Waals surface area (Å²) in [4.78, 5) is 23.8. The number of benzene rings is 2. The van der Waals surface area contributed by atoms with Crippen molar-refractivity contribution in [2.75, 3.05) is 17.8 Å². The molecule has 0 aliphatic heterocycles. The molecule has 158 valence electrons. The third-order valence-electron chi connectivity index (χ3n) is 4.45. The van der Waals surface area contributed by atoms with E-state index in [1.165, 1.54) is 22.7 Å². The van der Waals surface area contributed by atoms with Crippen molar-refractivity contribution in [1.82, 2.24) is 9.97 Å². The summed E-state index contributed by atoms with van der Waals surface area (Å²) < 4.78 is 33.3. The topological polar surface area (TPSA) is 55.3 Å². The van der Waals surface area contributed by atoms with Crippen LogP contribution < -0.4 is 9.64 Å². The van der Waals surface area contributed by atoms with Crippen molar-refractivity contribution in [1.29, 1.82) is 0 Å². The fourth-order valence-electron chi connectivity index (χ4n) is 2.89. The molecule has 0 saturated carbocycles. The number of nitrogens with zero attached hydrogens (tertiary/aromatic N) is 3. The zero-order valence-electron chi connectivity index (χ0n) is 16.4. The molecule has 2 aromatic carbocycles. The second kappa shape index (κ2) is 9.40. The van der Waals surface area contributed by atoms with Gasteiger partial charge in [0.15, 0.2) is 10.9 Å². The molecule has 0 aliphatic carbocycles. The first-order valence-corrected chi connectivity index (χ1v) is 11.1. The predicted molar refractivity (Wildman–Crippen MR) is 119 cm³/mol. The fraction of sp³-hybridized carbons (Fsp3) is 0.136. The normalized spacial score (nSPS) is 10.9. The van der Waals surface area contributed by atoms with E-state index in [1.807, 2.05) is 24.3 Å². The summed E-state index contributed by atoms with van der Waals surface area (Å²) in [5.74, 6) is -0.732. The molecule has 0 spiro atoms. The number of ether oxygens (including phenoxy) is 1. The predicted octanol–water partition coefficient (Wildman–Crippen LogP) is 5.30. The van der Waals surface area contributed by atoms with Gasteiger partial charge in [0.05, 0.1) is 24.1 Å². The first-order chi connectivity index (χ1) is 15.0. The third-order valence-corrected chi connectivity index (χ3v) is 6.47. The van der Waals surface area contributed by atoms with Crippen LogP contribution in [0.15, 0.2) is 65.8 Å². The molecule has 5 nitrogen and oxygen atoms in total. The van der Waals surface area contributed by atoms with Gasteiger partial charge in [-0.3, -0.25) is 14.7 Å². The lowest BCUT2D eigenvalue weighted by atomic mass is 10.2. The minimum absolute atomic E-state index is 0.0525. The number of hydrogen-bond acceptors (Lipinski definition) is 6. The molecule has 4 rings (SSSR count). The van der Waals surface area contributed by atoms with Gasteiger partial charge in [0, 0.05) is 23.4 Å². The number of thioether (sulfide) groups is 1. The molecule has 0 N–H and O–H groups in total. The van der Waals surface area contributed by atoms with Crippen molar-refractivity contribution in [3.8, 4) is 5.75 Å². The van der Waals surface area contributed by atoms with Gasteiger partial charge >= 0.3 is 0 Å². The van der Waals surface area contributed by atoms with Crippen molar-refractivity contribution in [2.24, 2.45) is 0 Å². The molecular formula is C22H17F2N3O2S2. The number of carbonyl (C=O) groups excluding carboxylic acids is 1. The van der Waals surface area contributed by atoms with Gasteiger partial charge in [0.2, 0.25) is 5.91 Å². The Morgan fingerprint density at radius 1 is 1.13 bits per heavy atom. The quantitative estimate of drug-likeness (QED) is 0.352. The molecule has 2 heterocycles. The highest BCUT2D eigenvalue weighted by Crippen LogP contribution is 2.33. The van der Waals surface area contributed by atoms with Crippen LogP contribution >= 0.6 is 23.1 Å². The largest absolute Gasteiger partial charge is 0.497 e. The summed E-state index contributed by atoms with van der Waals surface area (Å²) in [6, 6.07) is 13.0. The SMILES string of the molecule is COc1ccc(SCC(=O)N(Cc2ccncc2)c2nc3c(F)cc(F)cc3s2)cc1.